The molecule has 2 rings (SSSR count). The second-order valence-corrected chi connectivity index (χ2v) is 5.45. The SMILES string of the molecule is COC(=O)C(C)(NCC1CCCO1)c1ccccc1C. The van der Waals surface area contributed by atoms with Crippen LogP contribution in [0.15, 0.2) is 24.3 Å². The second-order valence-electron chi connectivity index (χ2n) is 5.45. The lowest BCUT2D eigenvalue weighted by Gasteiger charge is -2.31. The summed E-state index contributed by atoms with van der Waals surface area (Å²) in [6.45, 7) is 5.34. The predicted molar refractivity (Wildman–Crippen MR) is 77.5 cm³/mol. The summed E-state index contributed by atoms with van der Waals surface area (Å²) >= 11 is 0. The Bertz CT molecular complexity index is 469. The van der Waals surface area contributed by atoms with Crippen LogP contribution in [0, 0.1) is 6.92 Å². The van der Waals surface area contributed by atoms with E-state index in [0.29, 0.717) is 6.54 Å². The summed E-state index contributed by atoms with van der Waals surface area (Å²) in [4.78, 5) is 12.3. The van der Waals surface area contributed by atoms with E-state index in [1.807, 2.05) is 38.1 Å². The first kappa shape index (κ1) is 15.0. The zero-order valence-corrected chi connectivity index (χ0v) is 12.4. The molecule has 0 aliphatic carbocycles. The Kier molecular flexibility index (Phi) is 4.78. The van der Waals surface area contributed by atoms with Crippen molar-refractivity contribution in [2.75, 3.05) is 20.3 Å². The van der Waals surface area contributed by atoms with Crippen LogP contribution in [-0.2, 0) is 19.8 Å². The molecule has 2 unspecified atom stereocenters. The Labute approximate surface area is 120 Å². The summed E-state index contributed by atoms with van der Waals surface area (Å²) in [5.74, 6) is -0.273. The summed E-state index contributed by atoms with van der Waals surface area (Å²) in [6, 6.07) is 7.88. The Balaban J connectivity index is 2.21. The van der Waals surface area contributed by atoms with E-state index in [9.17, 15) is 4.79 Å². The normalized spacial score (nSPS) is 21.4. The lowest BCUT2D eigenvalue weighted by atomic mass is 9.88. The molecule has 1 N–H and O–H groups in total. The molecule has 0 bridgehead atoms. The van der Waals surface area contributed by atoms with Gasteiger partial charge in [-0.25, -0.2) is 4.79 Å². The van der Waals surface area contributed by atoms with Crippen molar-refractivity contribution in [3.8, 4) is 0 Å². The number of hydrogen-bond donors (Lipinski definition) is 1. The van der Waals surface area contributed by atoms with Gasteiger partial charge in [0, 0.05) is 13.2 Å². The molecule has 1 saturated heterocycles. The van der Waals surface area contributed by atoms with Gasteiger partial charge in [0.25, 0.3) is 0 Å². The van der Waals surface area contributed by atoms with E-state index in [-0.39, 0.29) is 12.1 Å². The molecule has 1 fully saturated rings. The molecule has 2 atom stereocenters. The molecular formula is C16H23NO3. The van der Waals surface area contributed by atoms with Crippen LogP contribution in [0.4, 0.5) is 0 Å². The van der Waals surface area contributed by atoms with Crippen molar-refractivity contribution in [2.24, 2.45) is 0 Å². The molecule has 20 heavy (non-hydrogen) atoms. The van der Waals surface area contributed by atoms with Crippen LogP contribution in [0.3, 0.4) is 0 Å². The third-order valence-corrected chi connectivity index (χ3v) is 3.98. The first-order chi connectivity index (χ1) is 9.58. The second kappa shape index (κ2) is 6.37. The van der Waals surface area contributed by atoms with Crippen LogP contribution >= 0.6 is 0 Å². The molecule has 1 aromatic carbocycles. The summed E-state index contributed by atoms with van der Waals surface area (Å²) in [5, 5.41) is 3.35. The topological polar surface area (TPSA) is 47.6 Å². The Morgan fingerprint density at radius 2 is 2.25 bits per heavy atom. The zero-order valence-electron chi connectivity index (χ0n) is 12.4. The molecule has 0 radical (unpaired) electrons. The highest BCUT2D eigenvalue weighted by Crippen LogP contribution is 2.26. The molecular weight excluding hydrogens is 254 g/mol. The fourth-order valence-corrected chi connectivity index (χ4v) is 2.74. The molecule has 4 heteroatoms. The van der Waals surface area contributed by atoms with Gasteiger partial charge >= 0.3 is 5.97 Å². The van der Waals surface area contributed by atoms with Gasteiger partial charge < -0.3 is 9.47 Å². The summed E-state index contributed by atoms with van der Waals surface area (Å²) in [7, 11) is 1.42. The van der Waals surface area contributed by atoms with Crippen LogP contribution in [0.25, 0.3) is 0 Å². The fraction of sp³-hybridized carbons (Fsp3) is 0.562. The van der Waals surface area contributed by atoms with Crippen LogP contribution < -0.4 is 5.32 Å². The average molecular weight is 277 g/mol. The Morgan fingerprint density at radius 3 is 2.85 bits per heavy atom. The van der Waals surface area contributed by atoms with E-state index >= 15 is 0 Å². The number of methoxy groups -OCH3 is 1. The number of aryl methyl sites for hydroxylation is 1. The number of rotatable bonds is 5. The number of hydrogen-bond acceptors (Lipinski definition) is 4. The van der Waals surface area contributed by atoms with E-state index in [4.69, 9.17) is 9.47 Å². The average Bonchev–Trinajstić information content (AvgIpc) is 2.97. The van der Waals surface area contributed by atoms with Crippen molar-refractivity contribution < 1.29 is 14.3 Å². The van der Waals surface area contributed by atoms with Gasteiger partial charge in [0.1, 0.15) is 5.54 Å². The lowest BCUT2D eigenvalue weighted by molar-refractivity contribution is -0.148. The number of nitrogens with one attached hydrogen (secondary N) is 1. The molecule has 1 aliphatic rings. The molecule has 110 valence electrons. The number of carbonyl (C=O) groups is 1. The van der Waals surface area contributed by atoms with Gasteiger partial charge in [-0.15, -0.1) is 0 Å². The largest absolute Gasteiger partial charge is 0.467 e. The van der Waals surface area contributed by atoms with Crippen LogP contribution in [-0.4, -0.2) is 32.3 Å². The smallest absolute Gasteiger partial charge is 0.330 e. The van der Waals surface area contributed by atoms with Gasteiger partial charge in [0.15, 0.2) is 0 Å². The maximum absolute atomic E-state index is 12.3. The number of ether oxygens (including phenoxy) is 2. The van der Waals surface area contributed by atoms with E-state index in [0.717, 1.165) is 30.6 Å². The highest BCUT2D eigenvalue weighted by Gasteiger charge is 2.37. The van der Waals surface area contributed by atoms with Crippen LogP contribution in [0.5, 0.6) is 0 Å². The summed E-state index contributed by atoms with van der Waals surface area (Å²) < 4.78 is 10.6. The fourth-order valence-electron chi connectivity index (χ4n) is 2.74. The van der Waals surface area contributed by atoms with Crippen molar-refractivity contribution in [3.63, 3.8) is 0 Å². The number of benzene rings is 1. The number of esters is 1. The van der Waals surface area contributed by atoms with Crippen LogP contribution in [0.1, 0.15) is 30.9 Å². The van der Waals surface area contributed by atoms with Gasteiger partial charge in [-0.05, 0) is 37.8 Å². The molecule has 4 nitrogen and oxygen atoms in total. The molecule has 0 saturated carbocycles. The van der Waals surface area contributed by atoms with E-state index in [1.54, 1.807) is 0 Å². The maximum Gasteiger partial charge on any atom is 0.330 e. The van der Waals surface area contributed by atoms with E-state index < -0.39 is 5.54 Å². The molecule has 0 spiro atoms. The lowest BCUT2D eigenvalue weighted by Crippen LogP contribution is -2.50. The van der Waals surface area contributed by atoms with Crippen LogP contribution in [0.2, 0.25) is 0 Å². The quantitative estimate of drug-likeness (QED) is 0.838. The molecule has 1 aromatic rings. The summed E-state index contributed by atoms with van der Waals surface area (Å²) in [5.41, 5.74) is 1.18. The van der Waals surface area contributed by atoms with Gasteiger partial charge in [0.2, 0.25) is 0 Å². The van der Waals surface area contributed by atoms with Gasteiger partial charge in [-0.1, -0.05) is 24.3 Å². The molecule has 0 amide bonds. The first-order valence-electron chi connectivity index (χ1n) is 7.09. The molecule has 0 aromatic heterocycles. The van der Waals surface area contributed by atoms with Crippen molar-refractivity contribution in [3.05, 3.63) is 35.4 Å². The van der Waals surface area contributed by atoms with E-state index in [1.165, 1.54) is 7.11 Å². The highest BCUT2D eigenvalue weighted by atomic mass is 16.5. The molecule has 1 heterocycles. The van der Waals surface area contributed by atoms with Crippen molar-refractivity contribution in [1.82, 2.24) is 5.32 Å². The first-order valence-corrected chi connectivity index (χ1v) is 7.09. The monoisotopic (exact) mass is 277 g/mol. The van der Waals surface area contributed by atoms with Crippen molar-refractivity contribution in [2.45, 2.75) is 38.3 Å². The highest BCUT2D eigenvalue weighted by molar-refractivity contribution is 5.82. The third-order valence-electron chi connectivity index (χ3n) is 3.98. The van der Waals surface area contributed by atoms with Gasteiger partial charge in [-0.3, -0.25) is 5.32 Å². The number of carbonyl (C=O) groups excluding carboxylic acids is 1. The predicted octanol–water partition coefficient (Wildman–Crippen LogP) is 2.15. The van der Waals surface area contributed by atoms with Crippen molar-refractivity contribution >= 4 is 5.97 Å². The molecule has 1 aliphatic heterocycles. The maximum atomic E-state index is 12.3. The van der Waals surface area contributed by atoms with E-state index in [2.05, 4.69) is 5.32 Å². The minimum Gasteiger partial charge on any atom is -0.467 e. The minimum absolute atomic E-state index is 0.183. The zero-order chi connectivity index (χ0) is 14.6. The van der Waals surface area contributed by atoms with Crippen molar-refractivity contribution in [1.29, 1.82) is 0 Å². The minimum atomic E-state index is -0.841. The van der Waals surface area contributed by atoms with Gasteiger partial charge in [0.05, 0.1) is 13.2 Å². The Hall–Kier alpha value is -1.39. The Morgan fingerprint density at radius 1 is 1.50 bits per heavy atom. The summed E-state index contributed by atoms with van der Waals surface area (Å²) in [6.07, 6.45) is 2.31. The third kappa shape index (κ3) is 3.02. The van der Waals surface area contributed by atoms with Gasteiger partial charge in [-0.2, -0.15) is 0 Å². The standard InChI is InChI=1S/C16H23NO3/c1-12-7-4-5-9-14(12)16(2,15(18)19-3)17-11-13-8-6-10-20-13/h4-5,7,9,13,17H,6,8,10-11H2,1-3H3.